The molecule has 0 aliphatic carbocycles. The Hall–Kier alpha value is -3.36. The molecular weight excluding hydrogens is 410 g/mol. The Kier molecular flexibility index (Phi) is 6.04. The number of hydrogen-bond donors (Lipinski definition) is 1. The van der Waals surface area contributed by atoms with Gasteiger partial charge in [-0.15, -0.1) is 0 Å². The molecule has 2 atom stereocenters. The fraction of sp³-hybridized carbons (Fsp3) is 0.333. The number of para-hydroxylation sites is 1. The average molecular weight is 435 g/mol. The molecule has 0 amide bonds. The molecule has 8 heteroatoms. The summed E-state index contributed by atoms with van der Waals surface area (Å²) in [6, 6.07) is 15.5. The van der Waals surface area contributed by atoms with E-state index in [2.05, 4.69) is 14.9 Å². The number of ether oxygens (including phenoxy) is 4. The molecule has 0 radical (unpaired) electrons. The minimum absolute atomic E-state index is 0.287. The largest absolute Gasteiger partial charge is 0.486 e. The van der Waals surface area contributed by atoms with Crippen LogP contribution >= 0.6 is 0 Å². The number of aromatic nitrogens is 2. The average Bonchev–Trinajstić information content (AvgIpc) is 2.83. The van der Waals surface area contributed by atoms with E-state index in [-0.39, 0.29) is 6.10 Å². The molecule has 1 aromatic heterocycles. The van der Waals surface area contributed by atoms with Crippen molar-refractivity contribution >= 4 is 0 Å². The molecule has 1 N–H and O–H groups in total. The van der Waals surface area contributed by atoms with Gasteiger partial charge in [0.25, 0.3) is 0 Å². The predicted molar refractivity (Wildman–Crippen MR) is 116 cm³/mol. The molecule has 3 heterocycles. The van der Waals surface area contributed by atoms with Gasteiger partial charge in [0.2, 0.25) is 5.75 Å². The van der Waals surface area contributed by atoms with Gasteiger partial charge in [-0.05, 0) is 42.3 Å². The van der Waals surface area contributed by atoms with Crippen LogP contribution in [0.4, 0.5) is 0 Å². The number of fused-ring (bicyclic) bond motifs is 1. The molecule has 0 unspecified atom stereocenters. The van der Waals surface area contributed by atoms with Crippen molar-refractivity contribution in [1.82, 2.24) is 14.9 Å². The molecule has 0 saturated carbocycles. The van der Waals surface area contributed by atoms with Gasteiger partial charge in [-0.25, -0.2) is 9.97 Å². The number of β-amino-alcohol motifs (C(OH)–C–C–N with tert-alkyl or cyclic N) is 1. The fourth-order valence-corrected chi connectivity index (χ4v) is 3.92. The second-order valence-corrected chi connectivity index (χ2v) is 7.81. The summed E-state index contributed by atoms with van der Waals surface area (Å²) < 4.78 is 23.1. The molecule has 32 heavy (non-hydrogen) atoms. The number of nitrogens with zero attached hydrogens (tertiary/aromatic N) is 3. The summed E-state index contributed by atoms with van der Waals surface area (Å²) in [5.41, 5.74) is 1.14. The number of aliphatic hydroxyl groups excluding tert-OH is 1. The van der Waals surface area contributed by atoms with E-state index < -0.39 is 6.10 Å². The highest BCUT2D eigenvalue weighted by molar-refractivity contribution is 5.52. The van der Waals surface area contributed by atoms with Gasteiger partial charge in [0.1, 0.15) is 31.2 Å². The van der Waals surface area contributed by atoms with Crippen molar-refractivity contribution < 1.29 is 24.1 Å². The zero-order valence-electron chi connectivity index (χ0n) is 17.6. The second kappa shape index (κ2) is 9.42. The maximum Gasteiger partial charge on any atom is 0.321 e. The number of piperidine rings is 1. The third-order valence-corrected chi connectivity index (χ3v) is 5.49. The quantitative estimate of drug-likeness (QED) is 0.632. The van der Waals surface area contributed by atoms with Crippen LogP contribution in [0.3, 0.4) is 0 Å². The Morgan fingerprint density at radius 1 is 1.00 bits per heavy atom. The van der Waals surface area contributed by atoms with Crippen molar-refractivity contribution in [3.63, 3.8) is 0 Å². The Balaban J connectivity index is 1.16. The highest BCUT2D eigenvalue weighted by Crippen LogP contribution is 2.40. The van der Waals surface area contributed by atoms with E-state index in [1.807, 2.05) is 42.5 Å². The van der Waals surface area contributed by atoms with Gasteiger partial charge in [-0.2, -0.15) is 0 Å². The number of rotatable bonds is 6. The number of aliphatic hydroxyl groups is 1. The lowest BCUT2D eigenvalue weighted by Crippen LogP contribution is -2.48. The summed E-state index contributed by atoms with van der Waals surface area (Å²) in [5.74, 6) is 2.62. The van der Waals surface area contributed by atoms with E-state index in [1.54, 1.807) is 18.5 Å². The second-order valence-electron chi connectivity index (χ2n) is 7.81. The zero-order valence-corrected chi connectivity index (χ0v) is 17.6. The molecule has 3 aromatic rings. The monoisotopic (exact) mass is 435 g/mol. The van der Waals surface area contributed by atoms with Crippen LogP contribution in [0.2, 0.25) is 0 Å². The van der Waals surface area contributed by atoms with Gasteiger partial charge < -0.3 is 24.1 Å². The first-order valence-corrected chi connectivity index (χ1v) is 10.7. The number of benzene rings is 2. The van der Waals surface area contributed by atoms with E-state index in [0.29, 0.717) is 48.8 Å². The molecule has 0 spiro atoms. The summed E-state index contributed by atoms with van der Waals surface area (Å²) in [7, 11) is 0. The minimum Gasteiger partial charge on any atom is -0.486 e. The maximum atomic E-state index is 10.7. The van der Waals surface area contributed by atoms with Crippen molar-refractivity contribution in [2.75, 3.05) is 26.3 Å². The van der Waals surface area contributed by atoms with Crippen LogP contribution in [0.1, 0.15) is 12.0 Å². The van der Waals surface area contributed by atoms with E-state index in [0.717, 1.165) is 25.1 Å². The van der Waals surface area contributed by atoms with Gasteiger partial charge >= 0.3 is 6.01 Å². The Morgan fingerprint density at radius 2 is 1.81 bits per heavy atom. The first-order chi connectivity index (χ1) is 15.7. The standard InChI is InChI=1S/C24H25N3O5/c28-19-16-27(15-17-5-7-18(8-6-17)31-24-25-10-2-11-26-24)12-9-20(19)32-22-4-1-3-21-23(22)30-14-13-29-21/h1-8,10-11,19-20,28H,9,12-16H2/t19-,20-/m1/s1. The number of likely N-dealkylation sites (tertiary alicyclic amines) is 1. The highest BCUT2D eigenvalue weighted by atomic mass is 16.6. The zero-order chi connectivity index (χ0) is 21.8. The lowest BCUT2D eigenvalue weighted by atomic mass is 10.0. The van der Waals surface area contributed by atoms with E-state index in [9.17, 15) is 5.11 Å². The first kappa shape index (κ1) is 20.5. The molecule has 5 rings (SSSR count). The minimum atomic E-state index is -0.595. The lowest BCUT2D eigenvalue weighted by Gasteiger charge is -2.36. The van der Waals surface area contributed by atoms with Gasteiger partial charge in [0, 0.05) is 32.0 Å². The van der Waals surface area contributed by atoms with Crippen LogP contribution in [0.5, 0.6) is 29.0 Å². The third kappa shape index (κ3) is 4.76. The summed E-state index contributed by atoms with van der Waals surface area (Å²) in [6.07, 6.45) is 3.12. The normalized spacial score (nSPS) is 20.5. The fourth-order valence-electron chi connectivity index (χ4n) is 3.92. The van der Waals surface area contributed by atoms with Crippen molar-refractivity contribution in [2.24, 2.45) is 0 Å². The topological polar surface area (TPSA) is 86.2 Å². The van der Waals surface area contributed by atoms with Gasteiger partial charge in [-0.3, -0.25) is 4.90 Å². The van der Waals surface area contributed by atoms with Crippen LogP contribution in [0.15, 0.2) is 60.9 Å². The van der Waals surface area contributed by atoms with Gasteiger partial charge in [0.05, 0.1) is 0 Å². The van der Waals surface area contributed by atoms with E-state index in [4.69, 9.17) is 18.9 Å². The molecule has 166 valence electrons. The van der Waals surface area contributed by atoms with E-state index >= 15 is 0 Å². The van der Waals surface area contributed by atoms with Crippen LogP contribution in [-0.4, -0.2) is 58.5 Å². The van der Waals surface area contributed by atoms with Crippen molar-refractivity contribution in [1.29, 1.82) is 0 Å². The van der Waals surface area contributed by atoms with Crippen LogP contribution in [0.25, 0.3) is 0 Å². The molecule has 2 aliphatic rings. The Labute approximate surface area is 186 Å². The van der Waals surface area contributed by atoms with Crippen LogP contribution < -0.4 is 18.9 Å². The third-order valence-electron chi connectivity index (χ3n) is 5.49. The predicted octanol–water partition coefficient (Wildman–Crippen LogP) is 3.05. The molecular formula is C24H25N3O5. The lowest BCUT2D eigenvalue weighted by molar-refractivity contribution is -0.0290. The molecule has 0 bridgehead atoms. The Bertz CT molecular complexity index is 1030. The summed E-state index contributed by atoms with van der Waals surface area (Å²) in [6.45, 7) is 3.13. The molecule has 2 aromatic carbocycles. The first-order valence-electron chi connectivity index (χ1n) is 10.7. The summed E-state index contributed by atoms with van der Waals surface area (Å²) in [4.78, 5) is 10.3. The SMILES string of the molecule is O[C@@H]1CN(Cc2ccc(Oc3ncccn3)cc2)CC[C@H]1Oc1cccc2c1OCCO2. The van der Waals surface area contributed by atoms with Crippen molar-refractivity contribution in [3.8, 4) is 29.0 Å². The van der Waals surface area contributed by atoms with Crippen LogP contribution in [-0.2, 0) is 6.54 Å². The van der Waals surface area contributed by atoms with Crippen LogP contribution in [0, 0.1) is 0 Å². The Morgan fingerprint density at radius 3 is 2.62 bits per heavy atom. The van der Waals surface area contributed by atoms with Gasteiger partial charge in [0.15, 0.2) is 11.5 Å². The molecule has 1 saturated heterocycles. The summed E-state index contributed by atoms with van der Waals surface area (Å²) >= 11 is 0. The maximum absolute atomic E-state index is 10.7. The van der Waals surface area contributed by atoms with E-state index in [1.165, 1.54) is 0 Å². The highest BCUT2D eigenvalue weighted by Gasteiger charge is 2.30. The van der Waals surface area contributed by atoms with Crippen molar-refractivity contribution in [2.45, 2.75) is 25.2 Å². The number of hydrogen-bond acceptors (Lipinski definition) is 8. The molecule has 1 fully saturated rings. The molecule has 8 nitrogen and oxygen atoms in total. The van der Waals surface area contributed by atoms with Crippen molar-refractivity contribution in [3.05, 3.63) is 66.5 Å². The smallest absolute Gasteiger partial charge is 0.321 e. The van der Waals surface area contributed by atoms with Gasteiger partial charge in [-0.1, -0.05) is 18.2 Å². The summed E-state index contributed by atoms with van der Waals surface area (Å²) in [5, 5.41) is 10.7. The molecule has 2 aliphatic heterocycles.